The summed E-state index contributed by atoms with van der Waals surface area (Å²) < 4.78 is 5.65. The molecule has 0 saturated heterocycles. The summed E-state index contributed by atoms with van der Waals surface area (Å²) in [7, 11) is 0. The van der Waals surface area contributed by atoms with Crippen molar-refractivity contribution in [2.45, 2.75) is 39.3 Å². The van der Waals surface area contributed by atoms with Crippen molar-refractivity contribution < 1.29 is 4.74 Å². The number of rotatable bonds is 3. The number of pyridine rings is 1. The summed E-state index contributed by atoms with van der Waals surface area (Å²) in [5.41, 5.74) is 8.11. The second-order valence-corrected chi connectivity index (χ2v) is 4.76. The van der Waals surface area contributed by atoms with Gasteiger partial charge in [-0.25, -0.2) is 0 Å². The van der Waals surface area contributed by atoms with Gasteiger partial charge in [-0.1, -0.05) is 0 Å². The van der Waals surface area contributed by atoms with Crippen molar-refractivity contribution in [3.8, 4) is 0 Å². The fourth-order valence-corrected chi connectivity index (χ4v) is 1.29. The number of hydrogen-bond acceptors (Lipinski definition) is 3. The summed E-state index contributed by atoms with van der Waals surface area (Å²) in [6.45, 7) is 8.63. The fraction of sp³-hybridized carbons (Fsp3) is 0.583. The van der Waals surface area contributed by atoms with Gasteiger partial charge in [0, 0.05) is 12.4 Å². The lowest BCUT2D eigenvalue weighted by Crippen LogP contribution is -2.26. The first-order valence-electron chi connectivity index (χ1n) is 5.20. The molecule has 84 valence electrons. The predicted molar refractivity (Wildman–Crippen MR) is 61.6 cm³/mol. The molecule has 0 aliphatic heterocycles. The van der Waals surface area contributed by atoms with Gasteiger partial charge >= 0.3 is 0 Å². The zero-order valence-corrected chi connectivity index (χ0v) is 9.95. The van der Waals surface area contributed by atoms with Gasteiger partial charge in [-0.2, -0.15) is 0 Å². The lowest BCUT2D eigenvalue weighted by atomic mass is 10.1. The van der Waals surface area contributed by atoms with E-state index in [1.165, 1.54) is 0 Å². The van der Waals surface area contributed by atoms with E-state index in [1.54, 1.807) is 6.20 Å². The van der Waals surface area contributed by atoms with Gasteiger partial charge in [-0.05, 0) is 44.9 Å². The molecule has 0 aromatic carbocycles. The zero-order valence-electron chi connectivity index (χ0n) is 9.95. The minimum atomic E-state index is -0.145. The van der Waals surface area contributed by atoms with Crippen LogP contribution in [-0.4, -0.2) is 17.2 Å². The van der Waals surface area contributed by atoms with Crippen LogP contribution in [0, 0.1) is 6.92 Å². The molecule has 3 nitrogen and oxygen atoms in total. The Balaban J connectivity index is 2.62. The van der Waals surface area contributed by atoms with E-state index in [9.17, 15) is 0 Å². The van der Waals surface area contributed by atoms with Crippen LogP contribution in [0.4, 0.5) is 0 Å². The van der Waals surface area contributed by atoms with Crippen LogP contribution in [-0.2, 0) is 4.74 Å². The Morgan fingerprint density at radius 1 is 1.47 bits per heavy atom. The van der Waals surface area contributed by atoms with E-state index in [0.29, 0.717) is 6.61 Å². The van der Waals surface area contributed by atoms with Crippen molar-refractivity contribution in [2.24, 2.45) is 5.73 Å². The molecule has 0 spiro atoms. The summed E-state index contributed by atoms with van der Waals surface area (Å²) in [5, 5.41) is 0. The number of nitrogens with two attached hydrogens (primary N) is 1. The molecule has 0 saturated carbocycles. The van der Waals surface area contributed by atoms with Crippen LogP contribution < -0.4 is 5.73 Å². The highest BCUT2D eigenvalue weighted by Gasteiger charge is 2.15. The lowest BCUT2D eigenvalue weighted by molar-refractivity contribution is -0.0103. The van der Waals surface area contributed by atoms with Crippen LogP contribution in [0.1, 0.15) is 37.9 Å². The highest BCUT2D eigenvalue weighted by Crippen LogP contribution is 2.16. The van der Waals surface area contributed by atoms with Crippen LogP contribution in [0.15, 0.2) is 18.5 Å². The second-order valence-electron chi connectivity index (χ2n) is 4.76. The monoisotopic (exact) mass is 208 g/mol. The fourth-order valence-electron chi connectivity index (χ4n) is 1.29. The molecule has 2 N–H and O–H groups in total. The Hall–Kier alpha value is -0.930. The molecule has 1 aromatic heterocycles. The molecule has 0 bridgehead atoms. The topological polar surface area (TPSA) is 48.1 Å². The van der Waals surface area contributed by atoms with Crippen molar-refractivity contribution in [3.05, 3.63) is 29.6 Å². The molecule has 1 unspecified atom stereocenters. The molecule has 0 fully saturated rings. The van der Waals surface area contributed by atoms with E-state index < -0.39 is 0 Å². The minimum Gasteiger partial charge on any atom is -0.374 e. The smallest absolute Gasteiger partial charge is 0.0667 e. The molecular weight excluding hydrogens is 188 g/mol. The van der Waals surface area contributed by atoms with Gasteiger partial charge in [0.15, 0.2) is 0 Å². The van der Waals surface area contributed by atoms with Crippen LogP contribution in [0.2, 0.25) is 0 Å². The first-order chi connectivity index (χ1) is 6.90. The SMILES string of the molecule is Cc1ccncc1C(N)COC(C)(C)C. The molecule has 1 atom stereocenters. The predicted octanol–water partition coefficient (Wildman–Crippen LogP) is 2.20. The molecule has 0 aliphatic carbocycles. The Kier molecular flexibility index (Phi) is 3.83. The van der Waals surface area contributed by atoms with Crippen molar-refractivity contribution in [3.63, 3.8) is 0 Å². The average molecular weight is 208 g/mol. The maximum atomic E-state index is 6.04. The molecule has 0 amide bonds. The van der Waals surface area contributed by atoms with Gasteiger partial charge in [-0.15, -0.1) is 0 Å². The molecule has 3 heteroatoms. The van der Waals surface area contributed by atoms with E-state index in [-0.39, 0.29) is 11.6 Å². The van der Waals surface area contributed by atoms with Crippen molar-refractivity contribution in [1.29, 1.82) is 0 Å². The van der Waals surface area contributed by atoms with E-state index in [4.69, 9.17) is 10.5 Å². The number of aryl methyl sites for hydroxylation is 1. The molecule has 1 rings (SSSR count). The van der Waals surface area contributed by atoms with Gasteiger partial charge in [-0.3, -0.25) is 4.98 Å². The maximum Gasteiger partial charge on any atom is 0.0667 e. The Morgan fingerprint density at radius 3 is 2.67 bits per heavy atom. The van der Waals surface area contributed by atoms with Crippen LogP contribution in [0.5, 0.6) is 0 Å². The Bertz CT molecular complexity index is 318. The number of hydrogen-bond donors (Lipinski definition) is 1. The van der Waals surface area contributed by atoms with Gasteiger partial charge in [0.05, 0.1) is 18.2 Å². The van der Waals surface area contributed by atoms with Crippen molar-refractivity contribution in [2.75, 3.05) is 6.61 Å². The standard InChI is InChI=1S/C12H20N2O/c1-9-5-6-14-7-10(9)11(13)8-15-12(2,3)4/h5-7,11H,8,13H2,1-4H3. The molecule has 0 radical (unpaired) electrons. The van der Waals surface area contributed by atoms with Crippen LogP contribution in [0.25, 0.3) is 0 Å². The number of nitrogens with zero attached hydrogens (tertiary/aromatic N) is 1. The van der Waals surface area contributed by atoms with Gasteiger partial charge in [0.1, 0.15) is 0 Å². The molecule has 1 aromatic rings. The first kappa shape index (κ1) is 12.1. The van der Waals surface area contributed by atoms with Crippen molar-refractivity contribution in [1.82, 2.24) is 4.98 Å². The lowest BCUT2D eigenvalue weighted by Gasteiger charge is -2.23. The van der Waals surface area contributed by atoms with Gasteiger partial charge in [0.2, 0.25) is 0 Å². The average Bonchev–Trinajstić information content (AvgIpc) is 2.14. The van der Waals surface area contributed by atoms with E-state index in [0.717, 1.165) is 11.1 Å². The summed E-state index contributed by atoms with van der Waals surface area (Å²) >= 11 is 0. The summed E-state index contributed by atoms with van der Waals surface area (Å²) in [4.78, 5) is 4.08. The van der Waals surface area contributed by atoms with E-state index >= 15 is 0 Å². The van der Waals surface area contributed by atoms with Crippen LogP contribution in [0.3, 0.4) is 0 Å². The number of aromatic nitrogens is 1. The third kappa shape index (κ3) is 3.98. The minimum absolute atomic E-state index is 0.0991. The largest absolute Gasteiger partial charge is 0.374 e. The molecule has 1 heterocycles. The number of ether oxygens (including phenoxy) is 1. The maximum absolute atomic E-state index is 6.04. The van der Waals surface area contributed by atoms with E-state index in [2.05, 4.69) is 4.98 Å². The third-order valence-electron chi connectivity index (χ3n) is 2.17. The Morgan fingerprint density at radius 2 is 2.13 bits per heavy atom. The normalized spacial score (nSPS) is 13.9. The Labute approximate surface area is 91.7 Å². The molecule has 0 aliphatic rings. The quantitative estimate of drug-likeness (QED) is 0.828. The van der Waals surface area contributed by atoms with Crippen LogP contribution >= 0.6 is 0 Å². The van der Waals surface area contributed by atoms with Crippen molar-refractivity contribution >= 4 is 0 Å². The summed E-state index contributed by atoms with van der Waals surface area (Å²) in [6.07, 6.45) is 3.59. The highest BCUT2D eigenvalue weighted by molar-refractivity contribution is 5.24. The summed E-state index contributed by atoms with van der Waals surface area (Å²) in [6, 6.07) is 1.87. The summed E-state index contributed by atoms with van der Waals surface area (Å²) in [5.74, 6) is 0. The zero-order chi connectivity index (χ0) is 11.5. The third-order valence-corrected chi connectivity index (χ3v) is 2.17. The second kappa shape index (κ2) is 4.73. The first-order valence-corrected chi connectivity index (χ1v) is 5.20. The molecular formula is C12H20N2O. The van der Waals surface area contributed by atoms with Gasteiger partial charge < -0.3 is 10.5 Å². The van der Waals surface area contributed by atoms with Gasteiger partial charge in [0.25, 0.3) is 0 Å². The van der Waals surface area contributed by atoms with E-state index in [1.807, 2.05) is 40.0 Å². The molecule has 15 heavy (non-hydrogen) atoms. The highest BCUT2D eigenvalue weighted by atomic mass is 16.5.